The van der Waals surface area contributed by atoms with Gasteiger partial charge in [-0.25, -0.2) is 4.79 Å². The average Bonchev–Trinajstić information content (AvgIpc) is 3.08. The van der Waals surface area contributed by atoms with Gasteiger partial charge in [0.2, 0.25) is 5.75 Å². The fourth-order valence-electron chi connectivity index (χ4n) is 3.58. The Morgan fingerprint density at radius 3 is 2.33 bits per heavy atom. The van der Waals surface area contributed by atoms with Crippen LogP contribution in [0.2, 0.25) is 0 Å². The summed E-state index contributed by atoms with van der Waals surface area (Å²) in [4.78, 5) is 13.7. The molecular formula is C21H26N2O5S2. The van der Waals surface area contributed by atoms with E-state index in [0.29, 0.717) is 44.5 Å². The molecule has 1 aromatic carbocycles. The van der Waals surface area contributed by atoms with Gasteiger partial charge < -0.3 is 29.6 Å². The van der Waals surface area contributed by atoms with Gasteiger partial charge in [-0.05, 0) is 43.0 Å². The van der Waals surface area contributed by atoms with Crippen LogP contribution in [0.15, 0.2) is 12.1 Å². The summed E-state index contributed by atoms with van der Waals surface area (Å²) in [7, 11) is 6.05. The van der Waals surface area contributed by atoms with Crippen molar-refractivity contribution in [3.8, 4) is 17.2 Å². The Labute approximate surface area is 185 Å². The van der Waals surface area contributed by atoms with E-state index >= 15 is 0 Å². The molecule has 0 bridgehead atoms. The first kappa shape index (κ1) is 22.2. The Hall–Kier alpha value is -2.52. The number of thiocarbonyl (C=S) groups is 1. The number of ether oxygens (including phenoxy) is 4. The van der Waals surface area contributed by atoms with Crippen LogP contribution in [0.5, 0.6) is 17.2 Å². The Balaban J connectivity index is 1.86. The van der Waals surface area contributed by atoms with Gasteiger partial charge in [0, 0.05) is 22.7 Å². The fraction of sp³-hybridized carbons (Fsp3) is 0.429. The Kier molecular flexibility index (Phi) is 7.04. The lowest BCUT2D eigenvalue weighted by Crippen LogP contribution is -2.20. The molecule has 0 radical (unpaired) electrons. The van der Waals surface area contributed by atoms with Crippen LogP contribution in [0.1, 0.15) is 34.1 Å². The van der Waals surface area contributed by atoms with Crippen LogP contribution in [0.4, 0.5) is 10.7 Å². The summed E-state index contributed by atoms with van der Waals surface area (Å²) < 4.78 is 21.1. The van der Waals surface area contributed by atoms with Gasteiger partial charge in [0.05, 0.1) is 34.0 Å². The van der Waals surface area contributed by atoms with E-state index in [2.05, 4.69) is 17.6 Å². The number of hydrogen-bond acceptors (Lipinski definition) is 7. The molecule has 0 saturated carbocycles. The van der Waals surface area contributed by atoms with Crippen LogP contribution < -0.4 is 24.8 Å². The third-order valence-corrected chi connectivity index (χ3v) is 6.42. The van der Waals surface area contributed by atoms with Crippen LogP contribution in [0.3, 0.4) is 0 Å². The second kappa shape index (κ2) is 9.53. The Morgan fingerprint density at radius 1 is 1.10 bits per heavy atom. The molecule has 1 atom stereocenters. The number of rotatable bonds is 6. The normalized spacial score (nSPS) is 15.0. The number of benzene rings is 1. The molecule has 9 heteroatoms. The second-order valence-electron chi connectivity index (χ2n) is 7.04. The number of carbonyl (C=O) groups is 1. The van der Waals surface area contributed by atoms with Gasteiger partial charge in [-0.2, -0.15) is 0 Å². The molecule has 0 saturated heterocycles. The van der Waals surface area contributed by atoms with Crippen molar-refractivity contribution < 1.29 is 23.7 Å². The summed E-state index contributed by atoms with van der Waals surface area (Å²) in [6.45, 7) is 2.23. The van der Waals surface area contributed by atoms with Crippen molar-refractivity contribution in [3.63, 3.8) is 0 Å². The summed E-state index contributed by atoms with van der Waals surface area (Å²) in [5.74, 6) is 1.77. The smallest absolute Gasteiger partial charge is 0.341 e. The summed E-state index contributed by atoms with van der Waals surface area (Å²) in [6, 6.07) is 3.52. The number of methoxy groups -OCH3 is 4. The summed E-state index contributed by atoms with van der Waals surface area (Å²) in [6.07, 6.45) is 2.88. The molecule has 162 valence electrons. The quantitative estimate of drug-likeness (QED) is 0.492. The van der Waals surface area contributed by atoms with Crippen molar-refractivity contribution >= 4 is 45.3 Å². The van der Waals surface area contributed by atoms with Gasteiger partial charge >= 0.3 is 5.97 Å². The van der Waals surface area contributed by atoms with Crippen LogP contribution in [-0.2, 0) is 17.6 Å². The zero-order valence-corrected chi connectivity index (χ0v) is 19.3. The molecule has 2 N–H and O–H groups in total. The maximum absolute atomic E-state index is 12.5. The molecule has 0 fully saturated rings. The van der Waals surface area contributed by atoms with Crippen molar-refractivity contribution in [2.75, 3.05) is 39.1 Å². The number of carbonyl (C=O) groups excluding carboxylic acids is 1. The minimum absolute atomic E-state index is 0.347. The average molecular weight is 451 g/mol. The molecular weight excluding hydrogens is 424 g/mol. The summed E-state index contributed by atoms with van der Waals surface area (Å²) in [5, 5.41) is 7.35. The van der Waals surface area contributed by atoms with E-state index in [1.165, 1.54) is 12.0 Å². The Bertz CT molecular complexity index is 932. The number of hydrogen-bond donors (Lipinski definition) is 2. The maximum Gasteiger partial charge on any atom is 0.341 e. The standard InChI is InChI=1S/C21H26N2O5S2/c1-11-6-7-13-16(8-11)30-19(17(13)20(24)28-5)23-21(29)22-12-9-14(25-2)18(27-4)15(10-12)26-3/h9-11H,6-8H2,1-5H3,(H2,22,23,29). The van der Waals surface area contributed by atoms with Gasteiger partial charge in [0.25, 0.3) is 0 Å². The van der Waals surface area contributed by atoms with Crippen molar-refractivity contribution in [2.24, 2.45) is 5.92 Å². The predicted octanol–water partition coefficient (Wildman–Crippen LogP) is 4.49. The molecule has 1 aliphatic rings. The van der Waals surface area contributed by atoms with Crippen LogP contribution in [0, 0.1) is 5.92 Å². The molecule has 30 heavy (non-hydrogen) atoms. The minimum atomic E-state index is -0.347. The van der Waals surface area contributed by atoms with E-state index in [9.17, 15) is 4.79 Å². The third kappa shape index (κ3) is 4.46. The number of nitrogens with one attached hydrogen (secondary N) is 2. The van der Waals surface area contributed by atoms with E-state index in [4.69, 9.17) is 31.2 Å². The van der Waals surface area contributed by atoms with Crippen LogP contribution in [0.25, 0.3) is 0 Å². The van der Waals surface area contributed by atoms with Crippen LogP contribution in [-0.4, -0.2) is 39.5 Å². The number of anilines is 2. The van der Waals surface area contributed by atoms with Crippen molar-refractivity contribution in [3.05, 3.63) is 28.1 Å². The molecule has 1 unspecified atom stereocenters. The van der Waals surface area contributed by atoms with Gasteiger partial charge in [-0.1, -0.05) is 6.92 Å². The van der Waals surface area contributed by atoms with Crippen molar-refractivity contribution in [2.45, 2.75) is 26.2 Å². The molecule has 0 amide bonds. The van der Waals surface area contributed by atoms with Gasteiger partial charge in [-0.3, -0.25) is 0 Å². The molecule has 1 heterocycles. The van der Waals surface area contributed by atoms with Crippen molar-refractivity contribution in [1.29, 1.82) is 0 Å². The first-order valence-electron chi connectivity index (χ1n) is 9.52. The predicted molar refractivity (Wildman–Crippen MR) is 123 cm³/mol. The third-order valence-electron chi connectivity index (χ3n) is 5.05. The molecule has 1 aromatic heterocycles. The van der Waals surface area contributed by atoms with E-state index < -0.39 is 0 Å². The van der Waals surface area contributed by atoms with Crippen LogP contribution >= 0.6 is 23.6 Å². The number of thiophene rings is 1. The monoisotopic (exact) mass is 450 g/mol. The highest BCUT2D eigenvalue weighted by Crippen LogP contribution is 2.41. The zero-order valence-electron chi connectivity index (χ0n) is 17.7. The second-order valence-corrected chi connectivity index (χ2v) is 8.55. The molecule has 1 aliphatic carbocycles. The molecule has 2 aromatic rings. The lowest BCUT2D eigenvalue weighted by Gasteiger charge is -2.18. The van der Waals surface area contributed by atoms with Crippen molar-refractivity contribution in [1.82, 2.24) is 0 Å². The lowest BCUT2D eigenvalue weighted by molar-refractivity contribution is 0.0601. The van der Waals surface area contributed by atoms with E-state index in [-0.39, 0.29) is 5.97 Å². The molecule has 3 rings (SSSR count). The maximum atomic E-state index is 12.5. The zero-order chi connectivity index (χ0) is 21.8. The fourth-order valence-corrected chi connectivity index (χ4v) is 5.26. The molecule has 7 nitrogen and oxygen atoms in total. The lowest BCUT2D eigenvalue weighted by atomic mass is 9.88. The van der Waals surface area contributed by atoms with Gasteiger partial charge in [0.1, 0.15) is 5.00 Å². The summed E-state index contributed by atoms with van der Waals surface area (Å²) >= 11 is 7.06. The van der Waals surface area contributed by atoms with E-state index in [0.717, 1.165) is 24.8 Å². The highest BCUT2D eigenvalue weighted by Gasteiger charge is 2.28. The van der Waals surface area contributed by atoms with Gasteiger partial charge in [-0.15, -0.1) is 11.3 Å². The largest absolute Gasteiger partial charge is 0.493 e. The highest BCUT2D eigenvalue weighted by atomic mass is 32.1. The molecule has 0 aliphatic heterocycles. The Morgan fingerprint density at radius 2 is 1.77 bits per heavy atom. The SMILES string of the molecule is COC(=O)c1c(NC(=S)Nc2cc(OC)c(OC)c(OC)c2)sc2c1CCC(C)C2. The first-order chi connectivity index (χ1) is 14.4. The van der Waals surface area contributed by atoms with E-state index in [1.54, 1.807) is 44.8 Å². The minimum Gasteiger partial charge on any atom is -0.493 e. The number of fused-ring (bicyclic) bond motifs is 1. The first-order valence-corrected chi connectivity index (χ1v) is 10.7. The number of esters is 1. The molecule has 0 spiro atoms. The summed E-state index contributed by atoms with van der Waals surface area (Å²) in [5.41, 5.74) is 2.32. The highest BCUT2D eigenvalue weighted by molar-refractivity contribution is 7.80. The van der Waals surface area contributed by atoms with Gasteiger partial charge in [0.15, 0.2) is 16.6 Å². The topological polar surface area (TPSA) is 78.1 Å². The van der Waals surface area contributed by atoms with E-state index in [1.807, 2.05) is 0 Å².